The summed E-state index contributed by atoms with van der Waals surface area (Å²) >= 11 is 6.15. The number of aliphatic hydroxyl groups excluding tert-OH is 1. The lowest BCUT2D eigenvalue weighted by molar-refractivity contribution is 0.115. The van der Waals surface area contributed by atoms with Gasteiger partial charge >= 0.3 is 0 Å². The SMILES string of the molecule is C=C/C=C\C=C(/C)C(CC)[C@@H](c1ccc(Cl)cc1)[C@H](O)c1c(O)cc(OCC)cc1OCC.CC. The third-order valence-corrected chi connectivity index (χ3v) is 5.91. The first-order valence-corrected chi connectivity index (χ1v) is 12.8. The Balaban J connectivity index is 0.00000298. The average Bonchev–Trinajstić information content (AvgIpc) is 2.84. The van der Waals surface area contributed by atoms with E-state index in [1.165, 1.54) is 6.07 Å². The molecule has 0 aliphatic rings. The van der Waals surface area contributed by atoms with E-state index in [0.717, 1.165) is 17.6 Å². The van der Waals surface area contributed by atoms with Gasteiger partial charge < -0.3 is 19.7 Å². The molecule has 0 saturated heterocycles. The van der Waals surface area contributed by atoms with E-state index in [4.69, 9.17) is 21.1 Å². The zero-order valence-corrected chi connectivity index (χ0v) is 22.7. The number of ether oxygens (including phenoxy) is 2. The summed E-state index contributed by atoms with van der Waals surface area (Å²) in [5.41, 5.74) is 2.39. The first kappa shape index (κ1) is 30.3. The van der Waals surface area contributed by atoms with Crippen LogP contribution in [-0.4, -0.2) is 23.4 Å². The van der Waals surface area contributed by atoms with Crippen LogP contribution in [0.3, 0.4) is 0 Å². The highest BCUT2D eigenvalue weighted by Gasteiger charge is 2.34. The van der Waals surface area contributed by atoms with Crippen molar-refractivity contribution in [3.8, 4) is 17.2 Å². The van der Waals surface area contributed by atoms with Gasteiger partial charge in [-0.05, 0) is 50.8 Å². The van der Waals surface area contributed by atoms with Crippen LogP contribution in [0, 0.1) is 5.92 Å². The molecule has 2 N–H and O–H groups in total. The molecule has 0 fully saturated rings. The molecule has 0 heterocycles. The normalized spacial score (nSPS) is 14.0. The number of aromatic hydroxyl groups is 1. The maximum Gasteiger partial charge on any atom is 0.132 e. The Labute approximate surface area is 216 Å². The second-order valence-electron chi connectivity index (χ2n) is 7.79. The number of allylic oxidation sites excluding steroid dienone is 5. The molecular weight excluding hydrogens is 460 g/mol. The summed E-state index contributed by atoms with van der Waals surface area (Å²) < 4.78 is 11.4. The first-order chi connectivity index (χ1) is 16.9. The Bertz CT molecular complexity index is 963. The molecule has 0 aliphatic heterocycles. The van der Waals surface area contributed by atoms with Crippen molar-refractivity contribution in [3.05, 3.63) is 89.0 Å². The number of hydrogen-bond donors (Lipinski definition) is 2. The average molecular weight is 501 g/mol. The molecule has 0 radical (unpaired) electrons. The molecule has 2 aromatic carbocycles. The van der Waals surface area contributed by atoms with E-state index in [0.29, 0.717) is 35.3 Å². The van der Waals surface area contributed by atoms with Crippen LogP contribution in [0.4, 0.5) is 0 Å². The van der Waals surface area contributed by atoms with Gasteiger partial charge in [-0.15, -0.1) is 0 Å². The molecule has 2 rings (SSSR count). The summed E-state index contributed by atoms with van der Waals surface area (Å²) in [6, 6.07) is 10.7. The first-order valence-electron chi connectivity index (χ1n) is 12.4. The summed E-state index contributed by atoms with van der Waals surface area (Å²) in [7, 11) is 0. The molecule has 192 valence electrons. The van der Waals surface area contributed by atoms with Gasteiger partial charge in [-0.25, -0.2) is 0 Å². The number of hydrogen-bond acceptors (Lipinski definition) is 4. The lowest BCUT2D eigenvalue weighted by Crippen LogP contribution is -2.22. The van der Waals surface area contributed by atoms with Gasteiger partial charge in [0.05, 0.1) is 24.9 Å². The molecule has 2 aromatic rings. The van der Waals surface area contributed by atoms with E-state index in [1.807, 2.05) is 70.2 Å². The van der Waals surface area contributed by atoms with Gasteiger partial charge in [0.15, 0.2) is 0 Å². The minimum absolute atomic E-state index is 0.00362. The van der Waals surface area contributed by atoms with Gasteiger partial charge in [-0.3, -0.25) is 0 Å². The van der Waals surface area contributed by atoms with Crippen LogP contribution in [0.25, 0.3) is 0 Å². The summed E-state index contributed by atoms with van der Waals surface area (Å²) in [5.74, 6) is 0.504. The van der Waals surface area contributed by atoms with Gasteiger partial charge in [-0.2, -0.15) is 0 Å². The predicted octanol–water partition coefficient (Wildman–Crippen LogP) is 8.40. The number of benzene rings is 2. The van der Waals surface area contributed by atoms with Crippen molar-refractivity contribution >= 4 is 11.6 Å². The van der Waals surface area contributed by atoms with Crippen molar-refractivity contribution < 1.29 is 19.7 Å². The molecule has 0 aromatic heterocycles. The van der Waals surface area contributed by atoms with E-state index < -0.39 is 6.10 Å². The largest absolute Gasteiger partial charge is 0.507 e. The number of rotatable bonds is 12. The lowest BCUT2D eigenvalue weighted by Gasteiger charge is -2.33. The van der Waals surface area contributed by atoms with Crippen LogP contribution in [0.15, 0.2) is 72.9 Å². The van der Waals surface area contributed by atoms with Crippen LogP contribution in [0.2, 0.25) is 5.02 Å². The fourth-order valence-electron chi connectivity index (χ4n) is 4.18. The van der Waals surface area contributed by atoms with Crippen molar-refractivity contribution in [3.63, 3.8) is 0 Å². The molecule has 4 nitrogen and oxygen atoms in total. The van der Waals surface area contributed by atoms with Crippen LogP contribution in [0.1, 0.15) is 71.1 Å². The summed E-state index contributed by atoms with van der Waals surface area (Å²) in [6.45, 7) is 16.5. The predicted molar refractivity (Wildman–Crippen MR) is 148 cm³/mol. The molecule has 0 saturated carbocycles. The van der Waals surface area contributed by atoms with Gasteiger partial charge in [0, 0.05) is 23.1 Å². The molecular formula is C30H41ClO4. The van der Waals surface area contributed by atoms with Crippen LogP contribution in [0.5, 0.6) is 17.2 Å². The van der Waals surface area contributed by atoms with E-state index >= 15 is 0 Å². The zero-order chi connectivity index (χ0) is 26.4. The maximum atomic E-state index is 11.8. The van der Waals surface area contributed by atoms with Crippen molar-refractivity contribution in [2.75, 3.05) is 13.2 Å². The summed E-state index contributed by atoms with van der Waals surface area (Å²) in [4.78, 5) is 0. The molecule has 0 aliphatic carbocycles. The standard InChI is InChI=1S/C28H35ClO4.C2H6/c1-6-10-11-12-19(5)23(7-2)26(20-13-15-21(29)16-14-20)28(31)27-24(30)17-22(32-8-3)18-25(27)33-9-4;1-2/h6,10-18,23,26,28,30-31H,1,7-9H2,2-5H3;1-2H3/b11-10-,19-12+;/t23?,26-,28+;/m1./s1. The van der Waals surface area contributed by atoms with Crippen LogP contribution < -0.4 is 9.47 Å². The van der Waals surface area contributed by atoms with Crippen molar-refractivity contribution in [1.82, 2.24) is 0 Å². The van der Waals surface area contributed by atoms with Gasteiger partial charge in [0.25, 0.3) is 0 Å². The topological polar surface area (TPSA) is 58.9 Å². The second-order valence-corrected chi connectivity index (χ2v) is 8.22. The lowest BCUT2D eigenvalue weighted by atomic mass is 9.74. The third-order valence-electron chi connectivity index (χ3n) is 5.66. The molecule has 0 bridgehead atoms. The molecule has 0 spiro atoms. The highest BCUT2D eigenvalue weighted by atomic mass is 35.5. The number of aliphatic hydroxyl groups is 1. The fourth-order valence-corrected chi connectivity index (χ4v) is 4.30. The Hall–Kier alpha value is -2.69. The number of phenols is 1. The Morgan fingerprint density at radius 1 is 1.03 bits per heavy atom. The molecule has 5 heteroatoms. The van der Waals surface area contributed by atoms with Crippen LogP contribution >= 0.6 is 11.6 Å². The van der Waals surface area contributed by atoms with Gasteiger partial charge in [0.1, 0.15) is 17.2 Å². The number of halogens is 1. The second kappa shape index (κ2) is 16.1. The van der Waals surface area contributed by atoms with Gasteiger partial charge in [-0.1, -0.05) is 81.0 Å². The number of phenolic OH excluding ortho intramolecular Hbond substituents is 1. The van der Waals surface area contributed by atoms with E-state index in [1.54, 1.807) is 12.1 Å². The van der Waals surface area contributed by atoms with Crippen molar-refractivity contribution in [1.29, 1.82) is 0 Å². The fraction of sp³-hybridized carbons (Fsp3) is 0.400. The highest BCUT2D eigenvalue weighted by molar-refractivity contribution is 6.30. The zero-order valence-electron chi connectivity index (χ0n) is 21.9. The Morgan fingerprint density at radius 2 is 1.66 bits per heavy atom. The van der Waals surface area contributed by atoms with Crippen LogP contribution in [-0.2, 0) is 0 Å². The van der Waals surface area contributed by atoms with E-state index in [-0.39, 0.29) is 17.6 Å². The minimum Gasteiger partial charge on any atom is -0.507 e. The molecule has 0 amide bonds. The minimum atomic E-state index is -1.03. The smallest absolute Gasteiger partial charge is 0.132 e. The maximum absolute atomic E-state index is 11.8. The molecule has 1 unspecified atom stereocenters. The molecule has 35 heavy (non-hydrogen) atoms. The monoisotopic (exact) mass is 500 g/mol. The third kappa shape index (κ3) is 8.48. The Kier molecular flexibility index (Phi) is 13.9. The van der Waals surface area contributed by atoms with E-state index in [9.17, 15) is 10.2 Å². The summed E-state index contributed by atoms with van der Waals surface area (Å²) in [6.07, 6.45) is 7.33. The summed E-state index contributed by atoms with van der Waals surface area (Å²) in [5, 5.41) is 23.3. The van der Waals surface area contributed by atoms with Gasteiger partial charge in [0.2, 0.25) is 0 Å². The van der Waals surface area contributed by atoms with Crippen molar-refractivity contribution in [2.24, 2.45) is 5.92 Å². The quantitative estimate of drug-likeness (QED) is 0.287. The molecule has 3 atom stereocenters. The van der Waals surface area contributed by atoms with Crippen molar-refractivity contribution in [2.45, 2.75) is 60.0 Å². The highest BCUT2D eigenvalue weighted by Crippen LogP contribution is 2.48. The van der Waals surface area contributed by atoms with E-state index in [2.05, 4.69) is 20.4 Å². The Morgan fingerprint density at radius 3 is 2.20 bits per heavy atom.